The van der Waals surface area contributed by atoms with Crippen LogP contribution in [0, 0.1) is 0 Å². The molecule has 2 fully saturated rings. The largest absolute Gasteiger partial charge is 0.341 e. The van der Waals surface area contributed by atoms with Gasteiger partial charge in [-0.1, -0.05) is 0 Å². The number of amides is 1. The van der Waals surface area contributed by atoms with Gasteiger partial charge in [0.15, 0.2) is 19.7 Å². The molecule has 0 aromatic carbocycles. The van der Waals surface area contributed by atoms with Crippen LogP contribution in [0.2, 0.25) is 0 Å². The lowest BCUT2D eigenvalue weighted by Crippen LogP contribution is -2.50. The van der Waals surface area contributed by atoms with Crippen molar-refractivity contribution >= 4 is 25.6 Å². The van der Waals surface area contributed by atoms with Gasteiger partial charge in [0.05, 0.1) is 23.0 Å². The van der Waals surface area contributed by atoms with Gasteiger partial charge in [0.2, 0.25) is 5.91 Å². The maximum Gasteiger partial charge on any atom is 0.224 e. The van der Waals surface area contributed by atoms with Crippen molar-refractivity contribution in [1.82, 2.24) is 10.2 Å². The summed E-state index contributed by atoms with van der Waals surface area (Å²) < 4.78 is 45.4. The molecular weight excluding hydrogens is 292 g/mol. The molecule has 0 aliphatic carbocycles. The lowest BCUT2D eigenvalue weighted by molar-refractivity contribution is -0.131. The molecule has 1 unspecified atom stereocenters. The van der Waals surface area contributed by atoms with Gasteiger partial charge in [0.1, 0.15) is 0 Å². The first kappa shape index (κ1) is 14.7. The number of carbonyl (C=O) groups excluding carboxylic acids is 1. The molecule has 19 heavy (non-hydrogen) atoms. The predicted molar refractivity (Wildman–Crippen MR) is 70.3 cm³/mol. The van der Waals surface area contributed by atoms with Gasteiger partial charge in [0.25, 0.3) is 0 Å². The van der Waals surface area contributed by atoms with E-state index in [1.165, 1.54) is 4.90 Å². The number of sulfone groups is 2. The van der Waals surface area contributed by atoms with Crippen molar-refractivity contribution in [2.24, 2.45) is 0 Å². The van der Waals surface area contributed by atoms with Crippen LogP contribution in [0.3, 0.4) is 0 Å². The highest BCUT2D eigenvalue weighted by atomic mass is 32.2. The molecule has 1 N–H and O–H groups in total. The SMILES string of the molecule is O=C(CC1CS(=O)(=O)CCN1)N1CCS(=O)(=O)CC1. The van der Waals surface area contributed by atoms with Crippen LogP contribution < -0.4 is 5.32 Å². The molecule has 9 heteroatoms. The maximum atomic E-state index is 12.0. The minimum atomic E-state index is -3.06. The average molecular weight is 310 g/mol. The fourth-order valence-corrected chi connectivity index (χ4v) is 4.95. The molecule has 2 aliphatic heterocycles. The lowest BCUT2D eigenvalue weighted by atomic mass is 10.2. The first-order valence-electron chi connectivity index (χ1n) is 6.19. The highest BCUT2D eigenvalue weighted by Gasteiger charge is 2.30. The molecule has 2 saturated heterocycles. The van der Waals surface area contributed by atoms with Crippen LogP contribution >= 0.6 is 0 Å². The molecule has 110 valence electrons. The number of hydrogen-bond acceptors (Lipinski definition) is 6. The molecule has 1 amide bonds. The highest BCUT2D eigenvalue weighted by molar-refractivity contribution is 7.91. The van der Waals surface area contributed by atoms with Gasteiger partial charge in [-0.15, -0.1) is 0 Å². The van der Waals surface area contributed by atoms with Crippen molar-refractivity contribution in [3.8, 4) is 0 Å². The summed E-state index contributed by atoms with van der Waals surface area (Å²) in [4.78, 5) is 13.5. The molecular formula is C10H18N2O5S2. The average Bonchev–Trinajstić information content (AvgIpc) is 2.27. The zero-order valence-corrected chi connectivity index (χ0v) is 12.2. The number of carbonyl (C=O) groups is 1. The van der Waals surface area contributed by atoms with Gasteiger partial charge < -0.3 is 10.2 Å². The number of nitrogens with zero attached hydrogens (tertiary/aromatic N) is 1. The fraction of sp³-hybridized carbons (Fsp3) is 0.900. The minimum Gasteiger partial charge on any atom is -0.341 e. The molecule has 0 aromatic heterocycles. The smallest absolute Gasteiger partial charge is 0.224 e. The Morgan fingerprint density at radius 3 is 2.26 bits per heavy atom. The highest BCUT2D eigenvalue weighted by Crippen LogP contribution is 2.10. The van der Waals surface area contributed by atoms with E-state index in [1.807, 2.05) is 0 Å². The number of nitrogens with one attached hydrogen (secondary N) is 1. The molecule has 2 rings (SSSR count). The van der Waals surface area contributed by atoms with Gasteiger partial charge in [-0.2, -0.15) is 0 Å². The zero-order chi connectivity index (χ0) is 14.1. The summed E-state index contributed by atoms with van der Waals surface area (Å²) >= 11 is 0. The summed E-state index contributed by atoms with van der Waals surface area (Å²) in [7, 11) is -6.06. The summed E-state index contributed by atoms with van der Waals surface area (Å²) in [5, 5.41) is 3.02. The van der Waals surface area contributed by atoms with Gasteiger partial charge in [-0.05, 0) is 0 Å². The third-order valence-electron chi connectivity index (χ3n) is 3.42. The molecule has 2 heterocycles. The van der Waals surface area contributed by atoms with E-state index in [0.717, 1.165) is 0 Å². The second kappa shape index (κ2) is 5.37. The molecule has 0 radical (unpaired) electrons. The van der Waals surface area contributed by atoms with Crippen molar-refractivity contribution < 1.29 is 21.6 Å². The fourth-order valence-electron chi connectivity index (χ4n) is 2.30. The van der Waals surface area contributed by atoms with Crippen LogP contribution in [-0.2, 0) is 24.5 Å². The van der Waals surface area contributed by atoms with E-state index >= 15 is 0 Å². The maximum absolute atomic E-state index is 12.0. The van der Waals surface area contributed by atoms with E-state index in [1.54, 1.807) is 0 Å². The van der Waals surface area contributed by atoms with Crippen LogP contribution in [-0.4, -0.2) is 76.3 Å². The number of rotatable bonds is 2. The van der Waals surface area contributed by atoms with E-state index in [2.05, 4.69) is 5.32 Å². The Kier molecular flexibility index (Phi) is 4.17. The van der Waals surface area contributed by atoms with Gasteiger partial charge in [0, 0.05) is 32.1 Å². The molecule has 2 aliphatic rings. The van der Waals surface area contributed by atoms with Crippen LogP contribution in [0.1, 0.15) is 6.42 Å². The second-order valence-electron chi connectivity index (χ2n) is 5.00. The summed E-state index contributed by atoms with van der Waals surface area (Å²) in [6, 6.07) is -0.357. The zero-order valence-electron chi connectivity index (χ0n) is 10.5. The number of hydrogen-bond donors (Lipinski definition) is 1. The van der Waals surface area contributed by atoms with Crippen LogP contribution in [0.5, 0.6) is 0 Å². The Balaban J connectivity index is 1.88. The monoisotopic (exact) mass is 310 g/mol. The summed E-state index contributed by atoms with van der Waals surface area (Å²) in [6.07, 6.45) is 0.110. The van der Waals surface area contributed by atoms with Gasteiger partial charge >= 0.3 is 0 Å². The summed E-state index contributed by atoms with van der Waals surface area (Å²) in [6.45, 7) is 0.788. The summed E-state index contributed by atoms with van der Waals surface area (Å²) in [5.41, 5.74) is 0. The van der Waals surface area contributed by atoms with Gasteiger partial charge in [-0.25, -0.2) is 16.8 Å². The third-order valence-corrected chi connectivity index (χ3v) is 6.76. The van der Waals surface area contributed by atoms with E-state index in [0.29, 0.717) is 6.54 Å². The van der Waals surface area contributed by atoms with Crippen molar-refractivity contribution in [2.75, 3.05) is 42.6 Å². The van der Waals surface area contributed by atoms with Crippen molar-refractivity contribution in [3.05, 3.63) is 0 Å². The molecule has 0 saturated carbocycles. The Morgan fingerprint density at radius 2 is 1.68 bits per heavy atom. The molecule has 0 aromatic rings. The van der Waals surface area contributed by atoms with E-state index in [4.69, 9.17) is 0 Å². The molecule has 1 atom stereocenters. The topological polar surface area (TPSA) is 101 Å². The first-order chi connectivity index (χ1) is 8.77. The minimum absolute atomic E-state index is 0.00483. The lowest BCUT2D eigenvalue weighted by Gasteiger charge is -2.29. The van der Waals surface area contributed by atoms with Crippen LogP contribution in [0.25, 0.3) is 0 Å². The normalized spacial score (nSPS) is 29.9. The first-order valence-corrected chi connectivity index (χ1v) is 9.84. The van der Waals surface area contributed by atoms with E-state index in [-0.39, 0.29) is 54.5 Å². The van der Waals surface area contributed by atoms with Gasteiger partial charge in [-0.3, -0.25) is 4.79 Å². The van der Waals surface area contributed by atoms with Crippen molar-refractivity contribution in [2.45, 2.75) is 12.5 Å². The molecule has 0 spiro atoms. The second-order valence-corrected chi connectivity index (χ2v) is 9.53. The standard InChI is InChI=1S/C10H18N2O5S2/c13-10(12-2-5-18(14,15)6-3-12)7-9-8-19(16,17)4-1-11-9/h9,11H,1-8H2. The Labute approximate surface area is 113 Å². The predicted octanol–water partition coefficient (Wildman–Crippen LogP) is -1.98. The summed E-state index contributed by atoms with van der Waals surface area (Å²) in [5.74, 6) is -0.0982. The molecule has 0 bridgehead atoms. The molecule has 7 nitrogen and oxygen atoms in total. The third kappa shape index (κ3) is 4.15. The van der Waals surface area contributed by atoms with Crippen LogP contribution in [0.4, 0.5) is 0 Å². The van der Waals surface area contributed by atoms with E-state index in [9.17, 15) is 21.6 Å². The van der Waals surface area contributed by atoms with Crippen LogP contribution in [0.15, 0.2) is 0 Å². The van der Waals surface area contributed by atoms with Crippen molar-refractivity contribution in [1.29, 1.82) is 0 Å². The quantitative estimate of drug-likeness (QED) is 0.634. The Bertz CT molecular complexity index is 540. The Morgan fingerprint density at radius 1 is 1.05 bits per heavy atom. The Hall–Kier alpha value is -0.670. The van der Waals surface area contributed by atoms with Crippen molar-refractivity contribution in [3.63, 3.8) is 0 Å². The van der Waals surface area contributed by atoms with E-state index < -0.39 is 19.7 Å².